The number of rotatable bonds is 16. The van der Waals surface area contributed by atoms with Crippen LogP contribution in [-0.4, -0.2) is 46.8 Å². The second-order valence-corrected chi connectivity index (χ2v) is 23.3. The van der Waals surface area contributed by atoms with Gasteiger partial charge in [0, 0.05) is 0 Å². The third-order valence-corrected chi connectivity index (χ3v) is 23.5. The Morgan fingerprint density at radius 1 is 0.750 bits per heavy atom. The molecule has 36 heavy (non-hydrogen) atoms. The molecular weight excluding hydrogens is 623 g/mol. The van der Waals surface area contributed by atoms with Crippen molar-refractivity contribution in [1.29, 1.82) is 0 Å². The molecule has 0 aliphatic rings. The normalized spacial score (nSPS) is 11.9. The van der Waals surface area contributed by atoms with E-state index in [0.29, 0.717) is 17.2 Å². The maximum atomic E-state index is 5.86. The van der Waals surface area contributed by atoms with Crippen LogP contribution in [0.25, 0.3) is 9.67 Å². The summed E-state index contributed by atoms with van der Waals surface area (Å²) in [5.74, 6) is 2.89. The van der Waals surface area contributed by atoms with Gasteiger partial charge in [0.05, 0.1) is 0 Å². The Hall–Kier alpha value is -1.34. The van der Waals surface area contributed by atoms with Gasteiger partial charge in [-0.3, -0.25) is 0 Å². The molecule has 2 aromatic carbocycles. The zero-order valence-corrected chi connectivity index (χ0v) is 27.8. The molecule has 0 bridgehead atoms. The number of ether oxygens (including phenoxy) is 4. The summed E-state index contributed by atoms with van der Waals surface area (Å²) in [6.45, 7) is 6.95. The molecule has 0 aliphatic heterocycles. The number of benzene rings is 2. The van der Waals surface area contributed by atoms with Gasteiger partial charge in [0.15, 0.2) is 0 Å². The van der Waals surface area contributed by atoms with Crippen LogP contribution in [0, 0.1) is 0 Å². The van der Waals surface area contributed by atoms with Gasteiger partial charge in [0.2, 0.25) is 0 Å². The van der Waals surface area contributed by atoms with E-state index in [1.165, 1.54) is 66.6 Å². The Labute approximate surface area is 231 Å². The topological polar surface area (TPSA) is 36.9 Å². The summed E-state index contributed by atoms with van der Waals surface area (Å²) in [6, 6.07) is 10.6. The van der Waals surface area contributed by atoms with E-state index in [-0.39, 0.29) is 0 Å². The van der Waals surface area contributed by atoms with Gasteiger partial charge in [-0.15, -0.1) is 0 Å². The van der Waals surface area contributed by atoms with Crippen molar-refractivity contribution in [2.45, 2.75) is 72.6 Å². The van der Waals surface area contributed by atoms with E-state index in [1.807, 2.05) is 0 Å². The molecular formula is C30H45BrO4Sn. The Balaban J connectivity index is 2.91. The third-order valence-electron chi connectivity index (χ3n) is 7.08. The van der Waals surface area contributed by atoms with Crippen molar-refractivity contribution in [2.75, 3.05) is 28.4 Å². The fourth-order valence-corrected chi connectivity index (χ4v) is 23.0. The molecule has 0 aromatic heterocycles. The first-order valence-corrected chi connectivity index (χ1v) is 21.6. The summed E-state index contributed by atoms with van der Waals surface area (Å²) < 4.78 is 29.4. The number of methoxy groups -OCH3 is 4. The van der Waals surface area contributed by atoms with Crippen LogP contribution in [-0.2, 0) is 0 Å². The molecule has 0 fully saturated rings. The van der Waals surface area contributed by atoms with Crippen molar-refractivity contribution >= 4 is 44.0 Å². The van der Waals surface area contributed by atoms with Gasteiger partial charge in [-0.25, -0.2) is 0 Å². The first-order chi connectivity index (χ1) is 17.4. The van der Waals surface area contributed by atoms with Crippen LogP contribution in [0.15, 0.2) is 34.8 Å². The minimum atomic E-state index is -2.92. The molecule has 200 valence electrons. The van der Waals surface area contributed by atoms with E-state index in [9.17, 15) is 0 Å². The summed E-state index contributed by atoms with van der Waals surface area (Å²) >= 11 is 1.03. The Morgan fingerprint density at radius 2 is 1.28 bits per heavy atom. The van der Waals surface area contributed by atoms with Gasteiger partial charge < -0.3 is 0 Å². The standard InChI is InChI=1S/C18H18BrO4.3C4H9.Sn/c1-20-14-9-6-12(7-10-14)5-8-13-11-15(21-2)17(22-3)18(23-4)16(13)19;3*1-3-4-2;/h5-7,9-11H,1-4H3;3*1,3-4H2,2H3;. The molecule has 0 unspecified atom stereocenters. The first kappa shape index (κ1) is 30.9. The minimum absolute atomic E-state index is 0.621. The van der Waals surface area contributed by atoms with Gasteiger partial charge in [-0.2, -0.15) is 0 Å². The number of hydrogen-bond donors (Lipinski definition) is 0. The third kappa shape index (κ3) is 7.59. The Morgan fingerprint density at radius 3 is 1.69 bits per heavy atom. The zero-order chi connectivity index (χ0) is 26.6. The fourth-order valence-electron chi connectivity index (χ4n) is 5.02. The molecule has 2 aromatic rings. The predicted octanol–water partition coefficient (Wildman–Crippen LogP) is 9.41. The van der Waals surface area contributed by atoms with Gasteiger partial charge in [0.1, 0.15) is 0 Å². The van der Waals surface area contributed by atoms with Crippen molar-refractivity contribution in [1.82, 2.24) is 0 Å². The van der Waals surface area contributed by atoms with Gasteiger partial charge in [0.25, 0.3) is 0 Å². The molecule has 2 rings (SSSR count). The summed E-state index contributed by atoms with van der Waals surface area (Å²) in [7, 11) is 6.77. The second kappa shape index (κ2) is 15.8. The molecule has 0 atom stereocenters. The van der Waals surface area contributed by atoms with Crippen LogP contribution < -0.4 is 18.9 Å². The molecule has 0 spiro atoms. The molecule has 0 aliphatic carbocycles. The van der Waals surface area contributed by atoms with E-state index in [0.717, 1.165) is 10.2 Å². The van der Waals surface area contributed by atoms with Gasteiger partial charge >= 0.3 is 233 Å². The van der Waals surface area contributed by atoms with Crippen LogP contribution in [0.1, 0.15) is 70.4 Å². The van der Waals surface area contributed by atoms with Crippen molar-refractivity contribution in [2.24, 2.45) is 0 Å². The fraction of sp³-hybridized carbons (Fsp3) is 0.533. The summed E-state index contributed by atoms with van der Waals surface area (Å²) in [5, 5.41) is 0. The zero-order valence-electron chi connectivity index (χ0n) is 23.3. The van der Waals surface area contributed by atoms with E-state index in [2.05, 4.69) is 73.1 Å². The van der Waals surface area contributed by atoms with Crippen LogP contribution in [0.3, 0.4) is 0 Å². The number of hydrogen-bond acceptors (Lipinski definition) is 4. The molecule has 0 amide bonds. The van der Waals surface area contributed by atoms with Crippen molar-refractivity contribution in [3.05, 3.63) is 45.9 Å². The molecule has 0 heterocycles. The molecule has 0 N–H and O–H groups in total. The first-order valence-electron chi connectivity index (χ1n) is 13.3. The monoisotopic (exact) mass is 668 g/mol. The van der Waals surface area contributed by atoms with E-state index in [1.54, 1.807) is 28.4 Å². The Kier molecular flexibility index (Phi) is 13.6. The quantitative estimate of drug-likeness (QED) is 0.132. The number of halogens is 1. The Bertz CT molecular complexity index is 950. The molecule has 0 radical (unpaired) electrons. The van der Waals surface area contributed by atoms with Crippen LogP contribution >= 0.6 is 15.9 Å². The summed E-state index contributed by atoms with van der Waals surface area (Å²) in [5.41, 5.74) is 2.40. The average Bonchev–Trinajstić information content (AvgIpc) is 2.91. The van der Waals surface area contributed by atoms with Gasteiger partial charge in [-0.1, -0.05) is 0 Å². The molecule has 6 heteroatoms. The molecule has 0 saturated heterocycles. The van der Waals surface area contributed by atoms with Crippen molar-refractivity contribution < 1.29 is 18.9 Å². The second-order valence-electron chi connectivity index (χ2n) is 9.43. The van der Waals surface area contributed by atoms with E-state index < -0.39 is 18.4 Å². The van der Waals surface area contributed by atoms with Gasteiger partial charge in [-0.05, 0) is 0 Å². The maximum absolute atomic E-state index is 5.86. The number of unbranched alkanes of at least 4 members (excludes halogenated alkanes) is 3. The molecule has 4 nitrogen and oxygen atoms in total. The molecule has 0 saturated carbocycles. The van der Waals surface area contributed by atoms with Crippen LogP contribution in [0.2, 0.25) is 13.3 Å². The summed E-state index contributed by atoms with van der Waals surface area (Å²) in [4.78, 5) is 0. The summed E-state index contributed by atoms with van der Waals surface area (Å²) in [6.07, 6.45) is 9.99. The van der Waals surface area contributed by atoms with Crippen molar-refractivity contribution in [3.8, 4) is 23.0 Å². The average molecular weight is 668 g/mol. The van der Waals surface area contributed by atoms with Crippen molar-refractivity contribution in [3.63, 3.8) is 0 Å². The van der Waals surface area contributed by atoms with E-state index >= 15 is 0 Å². The van der Waals surface area contributed by atoms with Crippen LogP contribution in [0.4, 0.5) is 0 Å². The predicted molar refractivity (Wildman–Crippen MR) is 160 cm³/mol. The SMILES string of the molecule is CCC[CH2][Sn]([CH2]CCC)([CH2]CCC)/[C](=C/c1ccc(OC)cc1)c1cc(OC)c(OC)c(OC)c1Br. The van der Waals surface area contributed by atoms with E-state index in [4.69, 9.17) is 18.9 Å². The van der Waals surface area contributed by atoms with Crippen LogP contribution in [0.5, 0.6) is 23.0 Å².